The van der Waals surface area contributed by atoms with E-state index >= 15 is 0 Å². The highest BCUT2D eigenvalue weighted by Gasteiger charge is 2.28. The van der Waals surface area contributed by atoms with Crippen LogP contribution >= 0.6 is 0 Å². The van der Waals surface area contributed by atoms with Crippen molar-refractivity contribution in [2.24, 2.45) is 0 Å². The number of aryl methyl sites for hydroxylation is 1. The van der Waals surface area contributed by atoms with Crippen molar-refractivity contribution >= 4 is 11.8 Å². The molecule has 0 saturated carbocycles. The third kappa shape index (κ3) is 9.86. The molecule has 9 heteroatoms. The van der Waals surface area contributed by atoms with E-state index in [1.165, 1.54) is 12.1 Å². The Balaban J connectivity index is 1.85. The molecular formula is C34H43F2N3O4. The van der Waals surface area contributed by atoms with Gasteiger partial charge in [0.15, 0.2) is 0 Å². The molecule has 0 aromatic heterocycles. The number of hydrogen-bond acceptors (Lipinski definition) is 5. The number of carbonyl (C=O) groups is 2. The first-order valence-corrected chi connectivity index (χ1v) is 14.8. The number of nitrogens with zero attached hydrogens (tertiary/aromatic N) is 1. The molecule has 0 spiro atoms. The Morgan fingerprint density at radius 3 is 2.21 bits per heavy atom. The molecule has 0 heterocycles. The summed E-state index contributed by atoms with van der Waals surface area (Å²) >= 11 is 0. The lowest BCUT2D eigenvalue weighted by molar-refractivity contribution is 0.0732. The van der Waals surface area contributed by atoms with Gasteiger partial charge in [-0.25, -0.2) is 8.78 Å². The minimum absolute atomic E-state index is 0.0227. The molecule has 3 rings (SSSR count). The number of aliphatic hydroxyl groups is 1. The van der Waals surface area contributed by atoms with Gasteiger partial charge in [-0.15, -0.1) is 0 Å². The normalized spacial score (nSPS) is 13.2. The van der Waals surface area contributed by atoms with Gasteiger partial charge < -0.3 is 25.4 Å². The van der Waals surface area contributed by atoms with E-state index in [1.807, 2.05) is 45.0 Å². The van der Waals surface area contributed by atoms with Gasteiger partial charge in [-0.05, 0) is 92.3 Å². The molecule has 0 aliphatic heterocycles. The van der Waals surface area contributed by atoms with E-state index in [0.717, 1.165) is 30.0 Å². The highest BCUT2D eigenvalue weighted by atomic mass is 19.1. The van der Waals surface area contributed by atoms with E-state index in [2.05, 4.69) is 10.6 Å². The van der Waals surface area contributed by atoms with Gasteiger partial charge in [-0.1, -0.05) is 26.0 Å². The lowest BCUT2D eigenvalue weighted by Gasteiger charge is -2.30. The van der Waals surface area contributed by atoms with Crippen molar-refractivity contribution in [3.63, 3.8) is 0 Å². The van der Waals surface area contributed by atoms with Gasteiger partial charge in [0.05, 0.1) is 19.3 Å². The van der Waals surface area contributed by atoms with Gasteiger partial charge in [0, 0.05) is 42.9 Å². The van der Waals surface area contributed by atoms with Crippen molar-refractivity contribution in [3.8, 4) is 5.75 Å². The lowest BCUT2D eigenvalue weighted by Crippen LogP contribution is -2.52. The quantitative estimate of drug-likeness (QED) is 0.218. The Morgan fingerprint density at radius 2 is 1.58 bits per heavy atom. The zero-order chi connectivity index (χ0) is 31.5. The topological polar surface area (TPSA) is 90.9 Å². The standard InChI is InChI=1S/C34H43F2N3O4/c1-6-11-39(12-7-2)34(42)27-14-22(3)13-26(19-27)33(41)38-31(18-25-15-28(35)20-29(36)16-25)32(40)23(4)37-21-24-9-8-10-30(17-24)43-5/h8-10,13-17,19-20,23,31-32,37,40H,6-7,11-12,18,21H2,1-5H3,(H,38,41)/t23?,31-,32+/m0/s1. The second kappa shape index (κ2) is 16.1. The molecule has 0 bridgehead atoms. The van der Waals surface area contributed by atoms with E-state index in [-0.39, 0.29) is 23.5 Å². The minimum atomic E-state index is -1.13. The monoisotopic (exact) mass is 595 g/mol. The lowest BCUT2D eigenvalue weighted by atomic mass is 9.95. The highest BCUT2D eigenvalue weighted by molar-refractivity contribution is 6.00. The van der Waals surface area contributed by atoms with Crippen LogP contribution in [-0.4, -0.2) is 60.2 Å². The van der Waals surface area contributed by atoms with Crippen LogP contribution < -0.4 is 15.4 Å². The van der Waals surface area contributed by atoms with Crippen LogP contribution in [0.1, 0.15) is 71.0 Å². The number of amides is 2. The zero-order valence-corrected chi connectivity index (χ0v) is 25.6. The molecule has 3 aromatic rings. The highest BCUT2D eigenvalue weighted by Crippen LogP contribution is 2.18. The molecule has 3 aromatic carbocycles. The van der Waals surface area contributed by atoms with Gasteiger partial charge in [0.25, 0.3) is 11.8 Å². The minimum Gasteiger partial charge on any atom is -0.497 e. The number of carbonyl (C=O) groups excluding carboxylic acids is 2. The Morgan fingerprint density at radius 1 is 0.930 bits per heavy atom. The van der Waals surface area contributed by atoms with Crippen LogP contribution in [0.4, 0.5) is 8.78 Å². The predicted molar refractivity (Wildman–Crippen MR) is 164 cm³/mol. The van der Waals surface area contributed by atoms with Crippen molar-refractivity contribution in [1.82, 2.24) is 15.5 Å². The molecule has 0 radical (unpaired) electrons. The number of benzene rings is 3. The van der Waals surface area contributed by atoms with E-state index in [1.54, 1.807) is 37.1 Å². The van der Waals surface area contributed by atoms with Crippen LogP contribution in [0.25, 0.3) is 0 Å². The summed E-state index contributed by atoms with van der Waals surface area (Å²) in [7, 11) is 1.58. The summed E-state index contributed by atoms with van der Waals surface area (Å²) in [6.45, 7) is 9.24. The Bertz CT molecular complexity index is 1360. The Labute approximate surface area is 253 Å². The van der Waals surface area contributed by atoms with Gasteiger partial charge in [0.1, 0.15) is 17.4 Å². The summed E-state index contributed by atoms with van der Waals surface area (Å²) in [6, 6.07) is 14.2. The third-order valence-corrected chi connectivity index (χ3v) is 7.24. The Kier molecular flexibility index (Phi) is 12.6. The maximum atomic E-state index is 14.0. The van der Waals surface area contributed by atoms with Crippen molar-refractivity contribution in [2.75, 3.05) is 20.2 Å². The number of aliphatic hydroxyl groups excluding tert-OH is 1. The Hall–Kier alpha value is -3.82. The summed E-state index contributed by atoms with van der Waals surface area (Å²) in [5.74, 6) is -1.44. The molecule has 1 unspecified atom stereocenters. The molecule has 7 nitrogen and oxygen atoms in total. The first kappa shape index (κ1) is 33.7. The number of nitrogens with one attached hydrogen (secondary N) is 2. The average Bonchev–Trinajstić information content (AvgIpc) is 2.97. The fraction of sp³-hybridized carbons (Fsp3) is 0.412. The summed E-state index contributed by atoms with van der Waals surface area (Å²) in [5.41, 5.74) is 2.63. The van der Waals surface area contributed by atoms with E-state index in [0.29, 0.717) is 30.9 Å². The maximum Gasteiger partial charge on any atom is 0.253 e. The van der Waals surface area contributed by atoms with Crippen LogP contribution in [0, 0.1) is 18.6 Å². The molecular weight excluding hydrogens is 552 g/mol. The zero-order valence-electron chi connectivity index (χ0n) is 25.6. The second-order valence-electron chi connectivity index (χ2n) is 11.0. The van der Waals surface area contributed by atoms with Crippen molar-refractivity contribution in [3.05, 3.63) is 100 Å². The van der Waals surface area contributed by atoms with Crippen molar-refractivity contribution < 1.29 is 28.2 Å². The summed E-state index contributed by atoms with van der Waals surface area (Å²) in [6.07, 6.45) is 0.478. The fourth-order valence-corrected chi connectivity index (χ4v) is 5.10. The average molecular weight is 596 g/mol. The van der Waals surface area contributed by atoms with Crippen LogP contribution in [0.5, 0.6) is 5.75 Å². The summed E-state index contributed by atoms with van der Waals surface area (Å²) in [5, 5.41) is 17.5. The third-order valence-electron chi connectivity index (χ3n) is 7.24. The number of hydrogen-bond donors (Lipinski definition) is 3. The molecule has 2 amide bonds. The maximum absolute atomic E-state index is 14.0. The smallest absolute Gasteiger partial charge is 0.253 e. The fourth-order valence-electron chi connectivity index (χ4n) is 5.10. The molecule has 3 N–H and O–H groups in total. The number of methoxy groups -OCH3 is 1. The number of halogens is 2. The molecule has 0 saturated heterocycles. The summed E-state index contributed by atoms with van der Waals surface area (Å²) < 4.78 is 33.3. The SMILES string of the molecule is CCCN(CCC)C(=O)c1cc(C)cc(C(=O)N[C@@H](Cc2cc(F)cc(F)c2)[C@H](O)C(C)NCc2cccc(OC)c2)c1. The predicted octanol–water partition coefficient (Wildman–Crippen LogP) is 5.42. The van der Waals surface area contributed by atoms with Crippen LogP contribution in [0.2, 0.25) is 0 Å². The molecule has 0 aliphatic carbocycles. The molecule has 3 atom stereocenters. The molecule has 43 heavy (non-hydrogen) atoms. The number of rotatable bonds is 15. The first-order chi connectivity index (χ1) is 20.5. The molecule has 0 fully saturated rings. The molecule has 232 valence electrons. The van der Waals surface area contributed by atoms with Gasteiger partial charge >= 0.3 is 0 Å². The van der Waals surface area contributed by atoms with Crippen LogP contribution in [0.15, 0.2) is 60.7 Å². The van der Waals surface area contributed by atoms with Gasteiger partial charge in [0.2, 0.25) is 0 Å². The number of ether oxygens (including phenoxy) is 1. The molecule has 0 aliphatic rings. The summed E-state index contributed by atoms with van der Waals surface area (Å²) in [4.78, 5) is 28.6. The van der Waals surface area contributed by atoms with E-state index < -0.39 is 35.7 Å². The van der Waals surface area contributed by atoms with Crippen molar-refractivity contribution in [2.45, 2.75) is 71.7 Å². The second-order valence-corrected chi connectivity index (χ2v) is 11.0. The van der Waals surface area contributed by atoms with Crippen LogP contribution in [0.3, 0.4) is 0 Å². The van der Waals surface area contributed by atoms with Crippen molar-refractivity contribution in [1.29, 1.82) is 0 Å². The van der Waals surface area contributed by atoms with Gasteiger partial charge in [-0.3, -0.25) is 9.59 Å². The van der Waals surface area contributed by atoms with E-state index in [4.69, 9.17) is 4.74 Å². The van der Waals surface area contributed by atoms with Crippen LogP contribution in [-0.2, 0) is 13.0 Å². The van der Waals surface area contributed by atoms with Gasteiger partial charge in [-0.2, -0.15) is 0 Å². The van der Waals surface area contributed by atoms with E-state index in [9.17, 15) is 23.5 Å². The first-order valence-electron chi connectivity index (χ1n) is 14.8. The largest absolute Gasteiger partial charge is 0.497 e.